The van der Waals surface area contributed by atoms with Gasteiger partial charge < -0.3 is 15.0 Å². The molecule has 1 aromatic rings. The number of nitrogens with zero attached hydrogens (tertiary/aromatic N) is 1. The van der Waals surface area contributed by atoms with Crippen LogP contribution in [0.3, 0.4) is 0 Å². The van der Waals surface area contributed by atoms with E-state index in [0.29, 0.717) is 19.7 Å². The van der Waals surface area contributed by atoms with Crippen molar-refractivity contribution in [2.45, 2.75) is 13.0 Å². The fourth-order valence-corrected chi connectivity index (χ4v) is 2.04. The van der Waals surface area contributed by atoms with Crippen LogP contribution in [0.25, 0.3) is 0 Å². The number of hydrogen-bond acceptors (Lipinski definition) is 3. The van der Waals surface area contributed by atoms with Crippen LogP contribution in [-0.4, -0.2) is 37.2 Å². The molecular weight excluding hydrogens is 216 g/mol. The van der Waals surface area contributed by atoms with Crippen LogP contribution < -0.4 is 5.32 Å². The average Bonchev–Trinajstić information content (AvgIpc) is 2.40. The largest absolute Gasteiger partial charge is 0.450 e. The molecule has 1 N–H and O–H groups in total. The highest BCUT2D eigenvalue weighted by Crippen LogP contribution is 2.17. The Kier molecular flexibility index (Phi) is 3.98. The van der Waals surface area contributed by atoms with E-state index < -0.39 is 0 Å². The molecule has 1 aliphatic heterocycles. The second kappa shape index (κ2) is 5.68. The summed E-state index contributed by atoms with van der Waals surface area (Å²) in [4.78, 5) is 13.4. The van der Waals surface area contributed by atoms with Crippen LogP contribution >= 0.6 is 0 Å². The highest BCUT2D eigenvalue weighted by Gasteiger charge is 2.24. The van der Waals surface area contributed by atoms with Crippen molar-refractivity contribution < 1.29 is 9.53 Å². The number of piperazine rings is 1. The Morgan fingerprint density at radius 1 is 1.47 bits per heavy atom. The van der Waals surface area contributed by atoms with Crippen molar-refractivity contribution in [3.63, 3.8) is 0 Å². The standard InChI is InChI=1S/C13H18N2O2/c1-2-17-13(16)15-9-8-14-12(10-15)11-6-4-3-5-7-11/h3-7,12,14H,2,8-10H2,1H3/t12-/m1/s1. The summed E-state index contributed by atoms with van der Waals surface area (Å²) in [5.41, 5.74) is 1.21. The Morgan fingerprint density at radius 2 is 2.24 bits per heavy atom. The normalized spacial score (nSPS) is 20.1. The first-order chi connectivity index (χ1) is 8.31. The third-order valence-corrected chi connectivity index (χ3v) is 2.90. The highest BCUT2D eigenvalue weighted by molar-refractivity contribution is 5.67. The van der Waals surface area contributed by atoms with Crippen LogP contribution in [0, 0.1) is 0 Å². The van der Waals surface area contributed by atoms with E-state index in [9.17, 15) is 4.79 Å². The minimum Gasteiger partial charge on any atom is -0.450 e. The minimum atomic E-state index is -0.213. The van der Waals surface area contributed by atoms with E-state index >= 15 is 0 Å². The molecule has 17 heavy (non-hydrogen) atoms. The first-order valence-corrected chi connectivity index (χ1v) is 6.01. The molecule has 1 atom stereocenters. The van der Waals surface area contributed by atoms with Crippen LogP contribution in [-0.2, 0) is 4.74 Å². The van der Waals surface area contributed by atoms with Gasteiger partial charge in [0.2, 0.25) is 0 Å². The lowest BCUT2D eigenvalue weighted by Gasteiger charge is -2.33. The number of rotatable bonds is 2. The van der Waals surface area contributed by atoms with Crippen LogP contribution in [0.1, 0.15) is 18.5 Å². The molecule has 1 aliphatic rings. The molecule has 1 amide bonds. The number of hydrogen-bond donors (Lipinski definition) is 1. The van der Waals surface area contributed by atoms with Crippen molar-refractivity contribution >= 4 is 6.09 Å². The van der Waals surface area contributed by atoms with Crippen molar-refractivity contribution in [3.8, 4) is 0 Å². The lowest BCUT2D eigenvalue weighted by Crippen LogP contribution is -2.48. The van der Waals surface area contributed by atoms with Gasteiger partial charge in [0.1, 0.15) is 0 Å². The molecule has 0 saturated carbocycles. The second-order valence-corrected chi connectivity index (χ2v) is 4.06. The van der Waals surface area contributed by atoms with E-state index in [2.05, 4.69) is 17.4 Å². The maximum absolute atomic E-state index is 11.7. The fraction of sp³-hybridized carbons (Fsp3) is 0.462. The molecule has 0 bridgehead atoms. The summed E-state index contributed by atoms with van der Waals surface area (Å²) in [5.74, 6) is 0. The van der Waals surface area contributed by atoms with E-state index in [1.807, 2.05) is 25.1 Å². The first-order valence-electron chi connectivity index (χ1n) is 6.01. The predicted octanol–water partition coefficient (Wildman–Crippen LogP) is 1.79. The fourth-order valence-electron chi connectivity index (χ4n) is 2.04. The maximum Gasteiger partial charge on any atom is 0.409 e. The van der Waals surface area contributed by atoms with Crippen molar-refractivity contribution in [2.75, 3.05) is 26.2 Å². The molecule has 1 saturated heterocycles. The Hall–Kier alpha value is -1.55. The average molecular weight is 234 g/mol. The summed E-state index contributed by atoms with van der Waals surface area (Å²) in [6, 6.07) is 10.4. The molecule has 2 rings (SSSR count). The molecule has 4 heteroatoms. The van der Waals surface area contributed by atoms with Crippen molar-refractivity contribution in [2.24, 2.45) is 0 Å². The zero-order valence-electron chi connectivity index (χ0n) is 10.1. The number of benzene rings is 1. The summed E-state index contributed by atoms with van der Waals surface area (Å²) in [7, 11) is 0. The molecule has 0 aliphatic carbocycles. The molecule has 1 heterocycles. The van der Waals surface area contributed by atoms with Gasteiger partial charge in [-0.3, -0.25) is 0 Å². The molecule has 92 valence electrons. The topological polar surface area (TPSA) is 41.6 Å². The van der Waals surface area contributed by atoms with Crippen LogP contribution in [0.2, 0.25) is 0 Å². The number of carbonyl (C=O) groups excluding carboxylic acids is 1. The van der Waals surface area contributed by atoms with Crippen LogP contribution in [0.5, 0.6) is 0 Å². The van der Waals surface area contributed by atoms with E-state index in [-0.39, 0.29) is 12.1 Å². The maximum atomic E-state index is 11.7. The first kappa shape index (κ1) is 11.9. The summed E-state index contributed by atoms with van der Waals surface area (Å²) in [6.45, 7) is 4.44. The quantitative estimate of drug-likeness (QED) is 0.848. The van der Waals surface area contributed by atoms with Gasteiger partial charge in [-0.2, -0.15) is 0 Å². The summed E-state index contributed by atoms with van der Waals surface area (Å²) in [5, 5.41) is 3.41. The molecule has 4 nitrogen and oxygen atoms in total. The third-order valence-electron chi connectivity index (χ3n) is 2.90. The SMILES string of the molecule is CCOC(=O)N1CCN[C@@H](c2ccccc2)C1. The zero-order valence-corrected chi connectivity index (χ0v) is 10.1. The van der Waals surface area contributed by atoms with Crippen molar-refractivity contribution in [1.82, 2.24) is 10.2 Å². The number of ether oxygens (including phenoxy) is 1. The smallest absolute Gasteiger partial charge is 0.409 e. The van der Waals surface area contributed by atoms with Crippen LogP contribution in [0.15, 0.2) is 30.3 Å². The van der Waals surface area contributed by atoms with E-state index in [1.165, 1.54) is 5.56 Å². The van der Waals surface area contributed by atoms with E-state index in [0.717, 1.165) is 6.54 Å². The van der Waals surface area contributed by atoms with Crippen molar-refractivity contribution in [1.29, 1.82) is 0 Å². The number of carbonyl (C=O) groups is 1. The van der Waals surface area contributed by atoms with Gasteiger partial charge in [-0.15, -0.1) is 0 Å². The third kappa shape index (κ3) is 2.97. The highest BCUT2D eigenvalue weighted by atomic mass is 16.6. The Balaban J connectivity index is 2.00. The zero-order chi connectivity index (χ0) is 12.1. The Morgan fingerprint density at radius 3 is 2.94 bits per heavy atom. The van der Waals surface area contributed by atoms with Crippen LogP contribution in [0.4, 0.5) is 4.79 Å². The summed E-state index contributed by atoms with van der Waals surface area (Å²) >= 11 is 0. The minimum absolute atomic E-state index is 0.203. The van der Waals surface area contributed by atoms with Gasteiger partial charge in [-0.1, -0.05) is 30.3 Å². The van der Waals surface area contributed by atoms with Gasteiger partial charge in [0.25, 0.3) is 0 Å². The van der Waals surface area contributed by atoms with Gasteiger partial charge >= 0.3 is 6.09 Å². The second-order valence-electron chi connectivity index (χ2n) is 4.06. The van der Waals surface area contributed by atoms with Gasteiger partial charge in [0.05, 0.1) is 12.6 Å². The van der Waals surface area contributed by atoms with Gasteiger partial charge in [0, 0.05) is 19.6 Å². The summed E-state index contributed by atoms with van der Waals surface area (Å²) < 4.78 is 5.02. The number of amides is 1. The van der Waals surface area contributed by atoms with Crippen molar-refractivity contribution in [3.05, 3.63) is 35.9 Å². The van der Waals surface area contributed by atoms with Gasteiger partial charge in [0.15, 0.2) is 0 Å². The van der Waals surface area contributed by atoms with Gasteiger partial charge in [-0.25, -0.2) is 4.79 Å². The van der Waals surface area contributed by atoms with Gasteiger partial charge in [-0.05, 0) is 12.5 Å². The molecular formula is C13H18N2O2. The number of nitrogens with one attached hydrogen (secondary N) is 1. The summed E-state index contributed by atoms with van der Waals surface area (Å²) in [6.07, 6.45) is -0.213. The monoisotopic (exact) mass is 234 g/mol. The van der Waals surface area contributed by atoms with E-state index in [1.54, 1.807) is 4.90 Å². The Labute approximate surface area is 102 Å². The van der Waals surface area contributed by atoms with E-state index in [4.69, 9.17) is 4.74 Å². The molecule has 0 aromatic heterocycles. The lowest BCUT2D eigenvalue weighted by atomic mass is 10.1. The molecule has 0 spiro atoms. The molecule has 1 aromatic carbocycles. The Bertz CT molecular complexity index is 367. The molecule has 1 fully saturated rings. The molecule has 0 radical (unpaired) electrons. The lowest BCUT2D eigenvalue weighted by molar-refractivity contribution is 0.0948. The predicted molar refractivity (Wildman–Crippen MR) is 65.8 cm³/mol. The molecule has 0 unspecified atom stereocenters.